The van der Waals surface area contributed by atoms with E-state index in [0.717, 1.165) is 32.1 Å². The Morgan fingerprint density at radius 3 is 2.62 bits per heavy atom. The molecule has 0 saturated carbocycles. The molecule has 0 bridgehead atoms. The summed E-state index contributed by atoms with van der Waals surface area (Å²) in [5.74, 6) is 1.71. The average molecular weight is 338 g/mol. The van der Waals surface area contributed by atoms with Gasteiger partial charge in [0.05, 0.1) is 0 Å². The summed E-state index contributed by atoms with van der Waals surface area (Å²) in [6, 6.07) is 1.33. The highest BCUT2D eigenvalue weighted by Gasteiger charge is 2.23. The Labute approximate surface area is 149 Å². The van der Waals surface area contributed by atoms with Crippen LogP contribution in [0.5, 0.6) is 0 Å². The molecule has 0 aliphatic carbocycles. The summed E-state index contributed by atoms with van der Waals surface area (Å²) in [7, 11) is 0. The number of piperidine rings is 1. The normalized spacial score (nSPS) is 27.0. The van der Waals surface area contributed by atoms with Crippen LogP contribution in [0.15, 0.2) is 4.99 Å². The van der Waals surface area contributed by atoms with E-state index < -0.39 is 0 Å². The van der Waals surface area contributed by atoms with Crippen molar-refractivity contribution in [3.8, 4) is 0 Å². The quantitative estimate of drug-likeness (QED) is 0.552. The summed E-state index contributed by atoms with van der Waals surface area (Å²) in [6.07, 6.45) is 5.28. The minimum atomic E-state index is 0.658. The van der Waals surface area contributed by atoms with Gasteiger partial charge in [-0.3, -0.25) is 9.89 Å². The van der Waals surface area contributed by atoms with Gasteiger partial charge in [0, 0.05) is 38.3 Å². The van der Waals surface area contributed by atoms with Crippen LogP contribution in [0.25, 0.3) is 0 Å². The van der Waals surface area contributed by atoms with Crippen LogP contribution >= 0.6 is 0 Å². The SMILES string of the molecule is CCNC(=NCC1CCCN(C(C)C)C1)NCC1CCCN1CC. The van der Waals surface area contributed by atoms with Crippen molar-refractivity contribution in [3.05, 3.63) is 0 Å². The molecule has 5 nitrogen and oxygen atoms in total. The third kappa shape index (κ3) is 5.92. The lowest BCUT2D eigenvalue weighted by Crippen LogP contribution is -2.45. The summed E-state index contributed by atoms with van der Waals surface area (Å²) in [5, 5.41) is 7.00. The van der Waals surface area contributed by atoms with Gasteiger partial charge in [0.15, 0.2) is 5.96 Å². The highest BCUT2D eigenvalue weighted by molar-refractivity contribution is 5.79. The number of rotatable bonds is 7. The summed E-state index contributed by atoms with van der Waals surface area (Å²) < 4.78 is 0. The fourth-order valence-corrected chi connectivity index (χ4v) is 4.03. The van der Waals surface area contributed by atoms with Gasteiger partial charge in [0.25, 0.3) is 0 Å². The number of hydrogen-bond donors (Lipinski definition) is 2. The maximum absolute atomic E-state index is 4.89. The molecule has 0 aromatic heterocycles. The maximum Gasteiger partial charge on any atom is 0.191 e. The topological polar surface area (TPSA) is 42.9 Å². The van der Waals surface area contributed by atoms with E-state index in [9.17, 15) is 0 Å². The van der Waals surface area contributed by atoms with E-state index in [2.05, 4.69) is 48.1 Å². The largest absolute Gasteiger partial charge is 0.357 e. The molecular weight excluding hydrogens is 298 g/mol. The van der Waals surface area contributed by atoms with Crippen LogP contribution in [-0.2, 0) is 0 Å². The molecule has 2 saturated heterocycles. The van der Waals surface area contributed by atoms with Crippen molar-refractivity contribution in [1.82, 2.24) is 20.4 Å². The average Bonchev–Trinajstić information content (AvgIpc) is 3.05. The highest BCUT2D eigenvalue weighted by atomic mass is 15.2. The zero-order valence-corrected chi connectivity index (χ0v) is 16.4. The van der Waals surface area contributed by atoms with Gasteiger partial charge in [-0.1, -0.05) is 6.92 Å². The molecule has 2 aliphatic rings. The minimum Gasteiger partial charge on any atom is -0.357 e. The monoisotopic (exact) mass is 337 g/mol. The Bertz CT molecular complexity index is 382. The van der Waals surface area contributed by atoms with Gasteiger partial charge in [-0.2, -0.15) is 0 Å². The fourth-order valence-electron chi connectivity index (χ4n) is 4.03. The smallest absolute Gasteiger partial charge is 0.191 e. The minimum absolute atomic E-state index is 0.658. The third-order valence-electron chi connectivity index (χ3n) is 5.54. The summed E-state index contributed by atoms with van der Waals surface area (Å²) in [6.45, 7) is 16.8. The lowest BCUT2D eigenvalue weighted by Gasteiger charge is -2.34. The van der Waals surface area contributed by atoms with Gasteiger partial charge >= 0.3 is 0 Å². The van der Waals surface area contributed by atoms with Gasteiger partial charge in [-0.25, -0.2) is 0 Å². The summed E-state index contributed by atoms with van der Waals surface area (Å²) in [5.41, 5.74) is 0. The van der Waals surface area contributed by atoms with E-state index in [-0.39, 0.29) is 0 Å². The van der Waals surface area contributed by atoms with Crippen molar-refractivity contribution >= 4 is 5.96 Å². The number of nitrogens with one attached hydrogen (secondary N) is 2. The van der Waals surface area contributed by atoms with Crippen LogP contribution in [0.2, 0.25) is 0 Å². The van der Waals surface area contributed by atoms with Gasteiger partial charge in [0.2, 0.25) is 0 Å². The van der Waals surface area contributed by atoms with Crippen molar-refractivity contribution < 1.29 is 0 Å². The zero-order valence-electron chi connectivity index (χ0n) is 16.4. The molecule has 2 unspecified atom stereocenters. The molecular formula is C19H39N5. The van der Waals surface area contributed by atoms with Crippen molar-refractivity contribution in [3.63, 3.8) is 0 Å². The Balaban J connectivity index is 1.81. The highest BCUT2D eigenvalue weighted by Crippen LogP contribution is 2.19. The molecule has 2 N–H and O–H groups in total. The molecule has 0 spiro atoms. The third-order valence-corrected chi connectivity index (χ3v) is 5.54. The molecule has 0 radical (unpaired) electrons. The van der Waals surface area contributed by atoms with Gasteiger partial charge in [-0.05, 0) is 72.0 Å². The second kappa shape index (κ2) is 10.2. The van der Waals surface area contributed by atoms with Crippen molar-refractivity contribution in [2.75, 3.05) is 45.8 Å². The first-order chi connectivity index (χ1) is 11.6. The van der Waals surface area contributed by atoms with Gasteiger partial charge in [-0.15, -0.1) is 0 Å². The Kier molecular flexibility index (Phi) is 8.33. The first kappa shape index (κ1) is 19.5. The summed E-state index contributed by atoms with van der Waals surface area (Å²) >= 11 is 0. The predicted molar refractivity (Wildman–Crippen MR) is 104 cm³/mol. The number of aliphatic imine (C=N–C) groups is 1. The van der Waals surface area contributed by atoms with Crippen molar-refractivity contribution in [2.24, 2.45) is 10.9 Å². The fraction of sp³-hybridized carbons (Fsp3) is 0.947. The van der Waals surface area contributed by atoms with Crippen LogP contribution in [0, 0.1) is 5.92 Å². The molecule has 140 valence electrons. The van der Waals surface area contributed by atoms with Crippen molar-refractivity contribution in [2.45, 2.75) is 65.5 Å². The second-order valence-corrected chi connectivity index (χ2v) is 7.62. The molecule has 0 amide bonds. The van der Waals surface area contributed by atoms with Crippen LogP contribution < -0.4 is 10.6 Å². The van der Waals surface area contributed by atoms with Crippen LogP contribution in [0.1, 0.15) is 53.4 Å². The number of hydrogen-bond acceptors (Lipinski definition) is 3. The first-order valence-corrected chi connectivity index (χ1v) is 10.1. The molecule has 2 heterocycles. The number of likely N-dealkylation sites (tertiary alicyclic amines) is 2. The Morgan fingerprint density at radius 2 is 1.92 bits per heavy atom. The predicted octanol–water partition coefficient (Wildman–Crippen LogP) is 2.15. The maximum atomic E-state index is 4.89. The second-order valence-electron chi connectivity index (χ2n) is 7.62. The zero-order chi connectivity index (χ0) is 17.4. The molecule has 2 rings (SSSR count). The lowest BCUT2D eigenvalue weighted by molar-refractivity contribution is 0.143. The number of likely N-dealkylation sites (N-methyl/N-ethyl adjacent to an activating group) is 1. The molecule has 24 heavy (non-hydrogen) atoms. The van der Waals surface area contributed by atoms with Crippen LogP contribution in [0.3, 0.4) is 0 Å². The molecule has 2 atom stereocenters. The van der Waals surface area contributed by atoms with Crippen molar-refractivity contribution in [1.29, 1.82) is 0 Å². The summed E-state index contributed by atoms with van der Waals surface area (Å²) in [4.78, 5) is 10.1. The first-order valence-electron chi connectivity index (χ1n) is 10.1. The van der Waals surface area contributed by atoms with E-state index in [1.807, 2.05) is 0 Å². The van der Waals surface area contributed by atoms with E-state index >= 15 is 0 Å². The molecule has 2 fully saturated rings. The van der Waals surface area contributed by atoms with Crippen LogP contribution in [0.4, 0.5) is 0 Å². The Morgan fingerprint density at radius 1 is 1.12 bits per heavy atom. The standard InChI is InChI=1S/C19H39N5/c1-5-20-19(22-14-18-10-8-11-23(18)6-2)21-13-17-9-7-12-24(15-17)16(3)4/h16-18H,5-15H2,1-4H3,(H2,20,21,22). The number of guanidine groups is 1. The van der Waals surface area contributed by atoms with E-state index in [1.54, 1.807) is 0 Å². The van der Waals surface area contributed by atoms with Crippen LogP contribution in [-0.4, -0.2) is 73.7 Å². The van der Waals surface area contributed by atoms with Gasteiger partial charge in [0.1, 0.15) is 0 Å². The lowest BCUT2D eigenvalue weighted by atomic mass is 9.97. The molecule has 2 aliphatic heterocycles. The van der Waals surface area contributed by atoms with E-state index in [0.29, 0.717) is 18.0 Å². The number of nitrogens with zero attached hydrogens (tertiary/aromatic N) is 3. The Hall–Kier alpha value is -0.810. The van der Waals surface area contributed by atoms with E-state index in [1.165, 1.54) is 45.3 Å². The molecule has 0 aromatic rings. The van der Waals surface area contributed by atoms with Gasteiger partial charge < -0.3 is 15.5 Å². The molecule has 0 aromatic carbocycles. The molecule has 5 heteroatoms. The van der Waals surface area contributed by atoms with E-state index in [4.69, 9.17) is 4.99 Å².